The molecule has 3 heterocycles. The molecule has 0 N–H and O–H groups in total. The summed E-state index contributed by atoms with van der Waals surface area (Å²) in [6.07, 6.45) is 3.78. The molecule has 7 nitrogen and oxygen atoms in total. The lowest BCUT2D eigenvalue weighted by atomic mass is 9.67. The van der Waals surface area contributed by atoms with Crippen molar-refractivity contribution in [1.29, 1.82) is 21.0 Å². The molecule has 416 valence electrons. The highest BCUT2D eigenvalue weighted by molar-refractivity contribution is 7.17. The fraction of sp³-hybridized carbons (Fsp3) is 0.114. The van der Waals surface area contributed by atoms with Crippen molar-refractivity contribution in [2.45, 2.75) is 58.4 Å². The summed E-state index contributed by atoms with van der Waals surface area (Å²) in [5.74, 6) is -0.438. The maximum atomic E-state index is 14.5. The minimum atomic E-state index is -0.830. The van der Waals surface area contributed by atoms with Gasteiger partial charge in [-0.25, -0.2) is 0 Å². The van der Waals surface area contributed by atoms with Crippen LogP contribution in [0.2, 0.25) is 0 Å². The maximum absolute atomic E-state index is 14.5. The van der Waals surface area contributed by atoms with E-state index in [2.05, 4.69) is 204 Å². The highest BCUT2D eigenvalue weighted by atomic mass is 32.1. The highest BCUT2D eigenvalue weighted by Crippen LogP contribution is 2.63. The first kappa shape index (κ1) is 53.9. The number of aromatic nitrogens is 1. The SMILES string of the molecule is Cc1ccc(C2(c3ccc(C)cc3)c3cc4c5cc6c(cc5n(C(C)C)c4cc3-c3sc(/C=C4\C(=O)c5ccccc5C4=C(C#N)C#N)cc32)-c2sc(/C=C3\C(=O)c4ccccc4C3=C(C#N)C#N)cc2C6(c2ccc(C)cc2)c2ccc(C)cc2)cc1. The number of Topliss-reactive ketones (excluding diaryl/α,β-unsaturated/α-hetero) is 2. The molecule has 8 aromatic carbocycles. The summed E-state index contributed by atoms with van der Waals surface area (Å²) in [4.78, 5) is 32.8. The van der Waals surface area contributed by atoms with E-state index in [0.717, 1.165) is 119 Å². The average molecular weight is 1170 g/mol. The van der Waals surface area contributed by atoms with Crippen molar-refractivity contribution in [3.05, 3.63) is 303 Å². The number of nitriles is 4. The van der Waals surface area contributed by atoms with Gasteiger partial charge in [-0.1, -0.05) is 168 Å². The van der Waals surface area contributed by atoms with E-state index in [1.807, 2.05) is 48.6 Å². The second kappa shape index (κ2) is 19.9. The summed E-state index contributed by atoms with van der Waals surface area (Å²) in [7, 11) is 0. The van der Waals surface area contributed by atoms with Crippen molar-refractivity contribution < 1.29 is 9.59 Å². The molecule has 15 rings (SSSR count). The molecule has 4 aliphatic rings. The normalized spacial score (nSPS) is 15.4. The maximum Gasteiger partial charge on any atom is 0.194 e. The summed E-state index contributed by atoms with van der Waals surface area (Å²) in [5, 5.41) is 43.5. The highest BCUT2D eigenvalue weighted by Gasteiger charge is 2.51. The van der Waals surface area contributed by atoms with Gasteiger partial charge in [-0.05, 0) is 157 Å². The summed E-state index contributed by atoms with van der Waals surface area (Å²) in [6, 6.07) is 72.6. The third-order valence-corrected chi connectivity index (χ3v) is 20.8. The van der Waals surface area contributed by atoms with E-state index >= 15 is 0 Å². The average Bonchev–Trinajstić information content (AvgIpc) is 2.29. The lowest BCUT2D eigenvalue weighted by molar-refractivity contribution is 0.103. The van der Waals surface area contributed by atoms with Crippen molar-refractivity contribution in [3.63, 3.8) is 0 Å². The number of fused-ring (bicyclic) bond motifs is 11. The predicted molar refractivity (Wildman–Crippen MR) is 353 cm³/mol. The molecule has 3 aromatic heterocycles. The van der Waals surface area contributed by atoms with E-state index in [1.165, 1.54) is 0 Å². The van der Waals surface area contributed by atoms with Crippen LogP contribution in [0.3, 0.4) is 0 Å². The van der Waals surface area contributed by atoms with E-state index < -0.39 is 10.8 Å². The Morgan fingerprint density at radius 2 is 0.739 bits per heavy atom. The number of hydrogen-bond donors (Lipinski definition) is 0. The number of hydrogen-bond acceptors (Lipinski definition) is 8. The zero-order chi connectivity index (χ0) is 60.7. The van der Waals surface area contributed by atoms with Crippen LogP contribution in [0, 0.1) is 73.0 Å². The van der Waals surface area contributed by atoms with E-state index in [1.54, 1.807) is 34.8 Å². The molecule has 0 amide bonds. The van der Waals surface area contributed by atoms with Gasteiger partial charge in [-0.15, -0.1) is 22.7 Å². The fourth-order valence-corrected chi connectivity index (χ4v) is 17.0. The van der Waals surface area contributed by atoms with E-state index in [9.17, 15) is 30.6 Å². The number of aryl methyl sites for hydroxylation is 4. The topological polar surface area (TPSA) is 134 Å². The third kappa shape index (κ3) is 7.49. The van der Waals surface area contributed by atoms with Crippen molar-refractivity contribution in [2.75, 3.05) is 0 Å². The standard InChI is InChI=1S/C79H51N5O2S2/c1-43(2)84-70-37-62-66(78(50-23-15-44(3)16-24-50,51-25-17-45(4)18-26-51)68-33-54(87-76(62)68)31-64-72(48(39-80)40-81)56-11-7-9-13-58(56)74(64)85)35-60(70)61-36-67-63(38-71(61)84)77-69(79(67,52-27-19-46(5)20-28-52)53-29-21-47(6)22-30-53)34-55(88-77)32-65-73(49(41-82)42-83)57-12-8-10-14-59(57)75(65)86/h7-38,43H,1-6H3/b64-31-,65-32-. The monoisotopic (exact) mass is 1170 g/mol. The minimum Gasteiger partial charge on any atom is -0.338 e. The van der Waals surface area contributed by atoms with Crippen LogP contribution >= 0.6 is 22.7 Å². The van der Waals surface area contributed by atoms with Crippen LogP contribution in [0.5, 0.6) is 0 Å². The predicted octanol–water partition coefficient (Wildman–Crippen LogP) is 18.6. The number of allylic oxidation sites excluding steroid dienone is 6. The van der Waals surface area contributed by atoms with Gasteiger partial charge < -0.3 is 4.57 Å². The quantitative estimate of drug-likeness (QED) is 0.115. The molecule has 88 heavy (non-hydrogen) atoms. The molecule has 0 bridgehead atoms. The van der Waals surface area contributed by atoms with Crippen molar-refractivity contribution in [1.82, 2.24) is 4.57 Å². The fourth-order valence-electron chi connectivity index (χ4n) is 14.7. The van der Waals surface area contributed by atoms with Crippen LogP contribution in [0.25, 0.3) is 66.0 Å². The van der Waals surface area contributed by atoms with Gasteiger partial charge in [0.1, 0.15) is 35.4 Å². The van der Waals surface area contributed by atoms with Gasteiger partial charge in [0.05, 0.1) is 21.9 Å². The second-order valence-electron chi connectivity index (χ2n) is 23.9. The summed E-state index contributed by atoms with van der Waals surface area (Å²) in [6.45, 7) is 12.9. The first-order valence-electron chi connectivity index (χ1n) is 29.3. The molecule has 0 saturated carbocycles. The molecule has 0 fully saturated rings. The van der Waals surface area contributed by atoms with E-state index in [4.69, 9.17) is 0 Å². The number of ketones is 2. The smallest absolute Gasteiger partial charge is 0.194 e. The Labute approximate surface area is 517 Å². The second-order valence-corrected chi connectivity index (χ2v) is 26.0. The molecule has 4 aliphatic carbocycles. The van der Waals surface area contributed by atoms with Crippen molar-refractivity contribution in [2.24, 2.45) is 0 Å². The number of thiophene rings is 2. The molecule has 0 radical (unpaired) electrons. The molecule has 0 unspecified atom stereocenters. The molecule has 0 saturated heterocycles. The van der Waals surface area contributed by atoms with Crippen LogP contribution < -0.4 is 0 Å². The van der Waals surface area contributed by atoms with Gasteiger partial charge in [0, 0.05) is 69.7 Å². The summed E-state index contributed by atoms with van der Waals surface area (Å²) >= 11 is 3.25. The zero-order valence-corrected chi connectivity index (χ0v) is 50.6. The first-order valence-corrected chi connectivity index (χ1v) is 30.9. The number of nitrogens with zero attached hydrogens (tertiary/aromatic N) is 5. The Hall–Kier alpha value is -10.8. The molecule has 0 atom stereocenters. The van der Waals surface area contributed by atoms with Gasteiger partial charge in [0.25, 0.3) is 0 Å². The molecule has 11 aromatic rings. The van der Waals surface area contributed by atoms with Crippen LogP contribution in [0.1, 0.15) is 128 Å². The first-order chi connectivity index (χ1) is 42.7. The lowest BCUT2D eigenvalue weighted by Crippen LogP contribution is -2.28. The van der Waals surface area contributed by atoms with Crippen LogP contribution in [0.4, 0.5) is 0 Å². The van der Waals surface area contributed by atoms with Gasteiger partial charge in [0.15, 0.2) is 11.6 Å². The molecule has 0 aliphatic heterocycles. The number of benzene rings is 8. The molecule has 0 spiro atoms. The number of rotatable bonds is 7. The van der Waals surface area contributed by atoms with Crippen molar-refractivity contribution >= 4 is 79.3 Å². The van der Waals surface area contributed by atoms with E-state index in [0.29, 0.717) is 44.5 Å². The third-order valence-electron chi connectivity index (χ3n) is 18.6. The lowest BCUT2D eigenvalue weighted by Gasteiger charge is -2.34. The number of carbonyl (C=O) groups excluding carboxylic acids is 2. The summed E-state index contributed by atoms with van der Waals surface area (Å²) < 4.78 is 2.47. The Bertz CT molecular complexity index is 4830. The Balaban J connectivity index is 1.03. The minimum absolute atomic E-state index is 0.00684. The van der Waals surface area contributed by atoms with Crippen molar-refractivity contribution in [3.8, 4) is 45.2 Å². The Morgan fingerprint density at radius 3 is 1.05 bits per heavy atom. The molecular formula is C79H51N5O2S2. The molecule has 9 heteroatoms. The van der Waals surface area contributed by atoms with Crippen LogP contribution in [0.15, 0.2) is 204 Å². The van der Waals surface area contributed by atoms with Gasteiger partial charge >= 0.3 is 0 Å². The van der Waals surface area contributed by atoms with Gasteiger partial charge in [0.2, 0.25) is 0 Å². The van der Waals surface area contributed by atoms with Crippen LogP contribution in [-0.4, -0.2) is 16.1 Å². The Morgan fingerprint density at radius 1 is 0.420 bits per heavy atom. The Kier molecular flexibility index (Phi) is 12.2. The number of carbonyl (C=O) groups is 2. The largest absolute Gasteiger partial charge is 0.338 e. The van der Waals surface area contributed by atoms with Gasteiger partial charge in [-0.2, -0.15) is 21.0 Å². The van der Waals surface area contributed by atoms with Crippen LogP contribution in [-0.2, 0) is 10.8 Å². The molecular weight excluding hydrogens is 1120 g/mol. The van der Waals surface area contributed by atoms with E-state index in [-0.39, 0.29) is 28.8 Å². The summed E-state index contributed by atoms with van der Waals surface area (Å²) in [5.41, 5.74) is 19.4. The van der Waals surface area contributed by atoms with Gasteiger partial charge in [-0.3, -0.25) is 9.59 Å². The zero-order valence-electron chi connectivity index (χ0n) is 48.9.